The first-order valence-electron chi connectivity index (χ1n) is 6.93. The summed E-state index contributed by atoms with van der Waals surface area (Å²) in [6.45, 7) is 0. The van der Waals surface area contributed by atoms with Crippen LogP contribution in [0.5, 0.6) is 0 Å². The summed E-state index contributed by atoms with van der Waals surface area (Å²) >= 11 is 0. The number of aryl methyl sites for hydroxylation is 1. The van der Waals surface area contributed by atoms with Crippen LogP contribution in [0.15, 0.2) is 54.6 Å². The number of hydrogen-bond acceptors (Lipinski definition) is 2. The van der Waals surface area contributed by atoms with Crippen molar-refractivity contribution in [3.8, 4) is 17.3 Å². The zero-order valence-corrected chi connectivity index (χ0v) is 12.1. The van der Waals surface area contributed by atoms with E-state index in [1.807, 2.05) is 31.3 Å². The summed E-state index contributed by atoms with van der Waals surface area (Å²) in [7, 11) is 1.88. The summed E-state index contributed by atoms with van der Waals surface area (Å²) in [5.74, 6) is -0.237. The molecule has 108 valence electrons. The van der Waals surface area contributed by atoms with Crippen LogP contribution in [0.25, 0.3) is 11.3 Å². The van der Waals surface area contributed by atoms with Gasteiger partial charge >= 0.3 is 0 Å². The molecule has 0 aliphatic rings. The molecule has 3 nitrogen and oxygen atoms in total. The minimum absolute atomic E-state index is 0.237. The summed E-state index contributed by atoms with van der Waals surface area (Å²) in [6.07, 6.45) is 0.645. The van der Waals surface area contributed by atoms with Crippen LogP contribution in [-0.4, -0.2) is 9.78 Å². The van der Waals surface area contributed by atoms with Crippen LogP contribution in [-0.2, 0) is 13.5 Å². The predicted octanol–water partition coefficient (Wildman–Crippen LogP) is 3.69. The fourth-order valence-corrected chi connectivity index (χ4v) is 2.44. The van der Waals surface area contributed by atoms with Crippen molar-refractivity contribution < 1.29 is 4.39 Å². The molecule has 3 aromatic rings. The molecule has 1 heterocycles. The highest BCUT2D eigenvalue weighted by molar-refractivity contribution is 5.62. The van der Waals surface area contributed by atoms with E-state index in [0.29, 0.717) is 12.0 Å². The molecule has 22 heavy (non-hydrogen) atoms. The van der Waals surface area contributed by atoms with Crippen molar-refractivity contribution in [2.45, 2.75) is 6.42 Å². The summed E-state index contributed by atoms with van der Waals surface area (Å²) in [5.41, 5.74) is 4.45. The average molecular weight is 291 g/mol. The van der Waals surface area contributed by atoms with Gasteiger partial charge in [-0.25, -0.2) is 4.39 Å². The number of rotatable bonds is 3. The van der Waals surface area contributed by atoms with Crippen molar-refractivity contribution in [2.24, 2.45) is 7.05 Å². The van der Waals surface area contributed by atoms with E-state index in [0.717, 1.165) is 22.5 Å². The molecule has 2 aromatic carbocycles. The fraction of sp³-hybridized carbons (Fsp3) is 0.111. The molecule has 4 heteroatoms. The Morgan fingerprint density at radius 3 is 2.64 bits per heavy atom. The van der Waals surface area contributed by atoms with E-state index in [1.54, 1.807) is 22.9 Å². The van der Waals surface area contributed by atoms with Gasteiger partial charge in [0.2, 0.25) is 0 Å². The van der Waals surface area contributed by atoms with Gasteiger partial charge in [0.05, 0.1) is 23.0 Å². The molecule has 3 rings (SSSR count). The van der Waals surface area contributed by atoms with Gasteiger partial charge in [-0.3, -0.25) is 4.68 Å². The second kappa shape index (κ2) is 5.82. The standard InChI is InChI=1S/C18H14FN3/c1-22-18(15-4-2-3-14(9-15)12-20)11-17(21-22)10-13-5-7-16(19)8-6-13/h2-9,11H,10H2,1H3. The Balaban J connectivity index is 1.90. The molecule has 0 amide bonds. The van der Waals surface area contributed by atoms with Gasteiger partial charge in [-0.05, 0) is 35.9 Å². The Bertz CT molecular complexity index is 842. The number of nitriles is 1. The topological polar surface area (TPSA) is 41.6 Å². The molecule has 0 radical (unpaired) electrons. The fourth-order valence-electron chi connectivity index (χ4n) is 2.44. The van der Waals surface area contributed by atoms with Crippen LogP contribution in [0.4, 0.5) is 4.39 Å². The highest BCUT2D eigenvalue weighted by atomic mass is 19.1. The predicted molar refractivity (Wildman–Crippen MR) is 82.6 cm³/mol. The van der Waals surface area contributed by atoms with Crippen LogP contribution < -0.4 is 0 Å². The third-order valence-corrected chi connectivity index (χ3v) is 3.52. The SMILES string of the molecule is Cn1nc(Cc2ccc(F)cc2)cc1-c1cccc(C#N)c1. The van der Waals surface area contributed by atoms with Crippen LogP contribution in [0.3, 0.4) is 0 Å². The van der Waals surface area contributed by atoms with Gasteiger partial charge < -0.3 is 0 Å². The van der Waals surface area contributed by atoms with E-state index in [9.17, 15) is 4.39 Å². The monoisotopic (exact) mass is 291 g/mol. The summed E-state index contributed by atoms with van der Waals surface area (Å²) in [6, 6.07) is 18.0. The van der Waals surface area contributed by atoms with Crippen LogP contribution in [0, 0.1) is 17.1 Å². The van der Waals surface area contributed by atoms with Crippen molar-refractivity contribution >= 4 is 0 Å². The highest BCUT2D eigenvalue weighted by Crippen LogP contribution is 2.22. The molecule has 0 saturated carbocycles. The molecule has 0 N–H and O–H groups in total. The van der Waals surface area contributed by atoms with Crippen LogP contribution in [0.2, 0.25) is 0 Å². The van der Waals surface area contributed by atoms with Crippen molar-refractivity contribution in [1.29, 1.82) is 5.26 Å². The van der Waals surface area contributed by atoms with Gasteiger partial charge in [-0.15, -0.1) is 0 Å². The molecule has 0 aliphatic heterocycles. The largest absolute Gasteiger partial charge is 0.268 e. The number of benzene rings is 2. The first-order valence-corrected chi connectivity index (χ1v) is 6.93. The molecule has 1 aromatic heterocycles. The molecular weight excluding hydrogens is 277 g/mol. The van der Waals surface area contributed by atoms with Gasteiger partial charge in [0.15, 0.2) is 0 Å². The Labute approximate surface area is 128 Å². The van der Waals surface area contributed by atoms with Gasteiger partial charge in [0, 0.05) is 19.0 Å². The van der Waals surface area contributed by atoms with E-state index in [-0.39, 0.29) is 5.82 Å². The van der Waals surface area contributed by atoms with E-state index < -0.39 is 0 Å². The minimum atomic E-state index is -0.237. The highest BCUT2D eigenvalue weighted by Gasteiger charge is 2.09. The van der Waals surface area contributed by atoms with Gasteiger partial charge in [0.1, 0.15) is 5.82 Å². The second-order valence-electron chi connectivity index (χ2n) is 5.14. The Morgan fingerprint density at radius 2 is 1.91 bits per heavy atom. The zero-order chi connectivity index (χ0) is 15.5. The molecule has 0 saturated heterocycles. The van der Waals surface area contributed by atoms with Crippen molar-refractivity contribution in [3.05, 3.63) is 77.2 Å². The Hall–Kier alpha value is -2.93. The lowest BCUT2D eigenvalue weighted by atomic mass is 10.1. The maximum atomic E-state index is 12.9. The first-order chi connectivity index (χ1) is 10.7. The number of aromatic nitrogens is 2. The minimum Gasteiger partial charge on any atom is -0.268 e. The van der Waals surface area contributed by atoms with Crippen LogP contribution >= 0.6 is 0 Å². The molecule has 0 aliphatic carbocycles. The van der Waals surface area contributed by atoms with Crippen LogP contribution in [0.1, 0.15) is 16.8 Å². The third kappa shape index (κ3) is 2.89. The second-order valence-corrected chi connectivity index (χ2v) is 5.14. The third-order valence-electron chi connectivity index (χ3n) is 3.52. The van der Waals surface area contributed by atoms with Crippen molar-refractivity contribution in [3.63, 3.8) is 0 Å². The molecule has 0 atom stereocenters. The Kier molecular flexibility index (Phi) is 3.71. The number of hydrogen-bond donors (Lipinski definition) is 0. The number of halogens is 1. The van der Waals surface area contributed by atoms with Crippen molar-refractivity contribution in [2.75, 3.05) is 0 Å². The summed E-state index contributed by atoms with van der Waals surface area (Å²) in [4.78, 5) is 0. The quantitative estimate of drug-likeness (QED) is 0.738. The maximum absolute atomic E-state index is 12.9. The Morgan fingerprint density at radius 1 is 1.14 bits per heavy atom. The zero-order valence-electron chi connectivity index (χ0n) is 12.1. The molecule has 0 bridgehead atoms. The lowest BCUT2D eigenvalue weighted by Crippen LogP contribution is -1.95. The number of nitrogens with zero attached hydrogens (tertiary/aromatic N) is 3. The van der Waals surface area contributed by atoms with E-state index in [1.165, 1.54) is 12.1 Å². The van der Waals surface area contributed by atoms with E-state index >= 15 is 0 Å². The normalized spacial score (nSPS) is 10.4. The summed E-state index contributed by atoms with van der Waals surface area (Å²) in [5, 5.41) is 13.5. The summed E-state index contributed by atoms with van der Waals surface area (Å²) < 4.78 is 14.7. The average Bonchev–Trinajstić information content (AvgIpc) is 2.90. The van der Waals surface area contributed by atoms with Crippen molar-refractivity contribution in [1.82, 2.24) is 9.78 Å². The molecule has 0 unspecified atom stereocenters. The van der Waals surface area contributed by atoms with Gasteiger partial charge in [-0.2, -0.15) is 10.4 Å². The first kappa shape index (κ1) is 14.0. The molecule has 0 spiro atoms. The van der Waals surface area contributed by atoms with Gasteiger partial charge in [-0.1, -0.05) is 24.3 Å². The lowest BCUT2D eigenvalue weighted by molar-refractivity contribution is 0.627. The molecule has 0 fully saturated rings. The maximum Gasteiger partial charge on any atom is 0.123 e. The van der Waals surface area contributed by atoms with Gasteiger partial charge in [0.25, 0.3) is 0 Å². The molecular formula is C18H14FN3. The van der Waals surface area contributed by atoms with E-state index in [2.05, 4.69) is 11.2 Å². The van der Waals surface area contributed by atoms with E-state index in [4.69, 9.17) is 5.26 Å². The smallest absolute Gasteiger partial charge is 0.123 e. The lowest BCUT2D eigenvalue weighted by Gasteiger charge is -2.01.